The van der Waals surface area contributed by atoms with Crippen LogP contribution in [0.5, 0.6) is 0 Å². The number of aliphatic hydroxyl groups is 1. The topological polar surface area (TPSA) is 113 Å². The Balaban J connectivity index is 2.02. The molecule has 8 heteroatoms. The highest BCUT2D eigenvalue weighted by molar-refractivity contribution is 5.92. The Bertz CT molecular complexity index is 863. The van der Waals surface area contributed by atoms with Gasteiger partial charge in [-0.05, 0) is 25.1 Å². The van der Waals surface area contributed by atoms with Crippen molar-refractivity contribution < 1.29 is 19.8 Å². The molecule has 1 saturated heterocycles. The molecule has 1 fully saturated rings. The average molecular weight is 317 g/mol. The molecule has 2 N–H and O–H groups in total. The maximum absolute atomic E-state index is 12.3. The Kier molecular flexibility index (Phi) is 3.41. The third-order valence-corrected chi connectivity index (χ3v) is 3.79. The van der Waals surface area contributed by atoms with E-state index in [-0.39, 0.29) is 31.2 Å². The van der Waals surface area contributed by atoms with E-state index in [1.165, 1.54) is 17.2 Å². The monoisotopic (exact) mass is 317 g/mol. The van der Waals surface area contributed by atoms with Crippen LogP contribution >= 0.6 is 0 Å². The normalized spacial score (nSPS) is 16.2. The summed E-state index contributed by atoms with van der Waals surface area (Å²) in [5, 5.41) is 19.3. The summed E-state index contributed by atoms with van der Waals surface area (Å²) in [6, 6.07) is 4.50. The van der Waals surface area contributed by atoms with E-state index in [9.17, 15) is 19.5 Å². The number of carboxylic acid groups (broad SMARTS) is 1. The number of aromatic nitrogens is 2. The third-order valence-electron chi connectivity index (χ3n) is 3.79. The fraction of sp³-hybridized carbons (Fsp3) is 0.333. The summed E-state index contributed by atoms with van der Waals surface area (Å²) >= 11 is 0. The van der Waals surface area contributed by atoms with Crippen molar-refractivity contribution in [2.24, 2.45) is 0 Å². The summed E-state index contributed by atoms with van der Waals surface area (Å²) < 4.78 is 1.06. The van der Waals surface area contributed by atoms with Gasteiger partial charge >= 0.3 is 5.97 Å². The second-order valence-electron chi connectivity index (χ2n) is 5.92. The largest absolute Gasteiger partial charge is 0.477 e. The van der Waals surface area contributed by atoms with Gasteiger partial charge in [0.25, 0.3) is 5.56 Å². The molecule has 3 rings (SSSR count). The number of rotatable bonds is 3. The molecule has 2 aromatic rings. The quantitative estimate of drug-likeness (QED) is 0.803. The van der Waals surface area contributed by atoms with Crippen molar-refractivity contribution in [2.45, 2.75) is 19.1 Å². The highest BCUT2D eigenvalue weighted by Gasteiger charge is 2.39. The SMILES string of the molecule is CC1(O)CN(C(=O)Cn2c(=O)c(C(=O)O)cc3cccnc32)C1. The lowest BCUT2D eigenvalue weighted by molar-refractivity contribution is -0.152. The summed E-state index contributed by atoms with van der Waals surface area (Å²) in [6.07, 6.45) is 1.47. The first-order chi connectivity index (χ1) is 10.8. The number of pyridine rings is 2. The standard InChI is InChI=1S/C15H15N3O5/c1-15(23)7-17(8-15)11(19)6-18-12-9(3-2-4-16-12)5-10(13(18)20)14(21)22/h2-5,23H,6-8H2,1H3,(H,21,22). The summed E-state index contributed by atoms with van der Waals surface area (Å²) in [5.41, 5.74) is -1.84. The minimum atomic E-state index is -1.35. The van der Waals surface area contributed by atoms with Crippen molar-refractivity contribution in [2.75, 3.05) is 13.1 Å². The van der Waals surface area contributed by atoms with Crippen molar-refractivity contribution in [3.8, 4) is 0 Å². The molecule has 1 aliphatic heterocycles. The number of carboxylic acids is 1. The van der Waals surface area contributed by atoms with Gasteiger partial charge in [-0.15, -0.1) is 0 Å². The molecule has 0 unspecified atom stereocenters. The smallest absolute Gasteiger partial charge is 0.341 e. The predicted molar refractivity (Wildman–Crippen MR) is 80.2 cm³/mol. The second-order valence-corrected chi connectivity index (χ2v) is 5.92. The van der Waals surface area contributed by atoms with Crippen molar-refractivity contribution >= 4 is 22.9 Å². The molecule has 8 nitrogen and oxygen atoms in total. The summed E-state index contributed by atoms with van der Waals surface area (Å²) in [5.74, 6) is -1.72. The molecule has 0 bridgehead atoms. The fourth-order valence-corrected chi connectivity index (χ4v) is 2.69. The minimum absolute atomic E-state index is 0.185. The van der Waals surface area contributed by atoms with E-state index >= 15 is 0 Å². The highest BCUT2D eigenvalue weighted by Crippen LogP contribution is 2.20. The molecule has 0 atom stereocenters. The van der Waals surface area contributed by atoms with Gasteiger partial charge < -0.3 is 15.1 Å². The molecule has 0 spiro atoms. The molecule has 23 heavy (non-hydrogen) atoms. The van der Waals surface area contributed by atoms with E-state index in [2.05, 4.69) is 4.98 Å². The first-order valence-electron chi connectivity index (χ1n) is 7.00. The van der Waals surface area contributed by atoms with Gasteiger partial charge in [-0.1, -0.05) is 0 Å². The number of carbonyl (C=O) groups is 2. The zero-order valence-corrected chi connectivity index (χ0v) is 12.4. The van der Waals surface area contributed by atoms with Crippen molar-refractivity contribution in [1.29, 1.82) is 0 Å². The van der Waals surface area contributed by atoms with E-state index in [1.807, 2.05) is 0 Å². The molecule has 0 radical (unpaired) electrons. The Labute approximate surface area is 130 Å². The van der Waals surface area contributed by atoms with Crippen LogP contribution in [0, 0.1) is 0 Å². The lowest BCUT2D eigenvalue weighted by Gasteiger charge is -2.44. The van der Waals surface area contributed by atoms with E-state index in [1.54, 1.807) is 19.1 Å². The minimum Gasteiger partial charge on any atom is -0.477 e. The number of nitrogens with zero attached hydrogens (tertiary/aromatic N) is 3. The molecule has 1 aliphatic rings. The number of carbonyl (C=O) groups excluding carboxylic acids is 1. The van der Waals surface area contributed by atoms with Gasteiger partial charge in [0.15, 0.2) is 0 Å². The lowest BCUT2D eigenvalue weighted by atomic mass is 9.97. The van der Waals surface area contributed by atoms with Crippen LogP contribution in [0.3, 0.4) is 0 Å². The molecule has 2 aromatic heterocycles. The number of likely N-dealkylation sites (tertiary alicyclic amines) is 1. The Hall–Kier alpha value is -2.74. The van der Waals surface area contributed by atoms with Crippen LogP contribution in [0.1, 0.15) is 17.3 Å². The first-order valence-corrected chi connectivity index (χ1v) is 7.00. The van der Waals surface area contributed by atoms with Gasteiger partial charge in [0.1, 0.15) is 17.8 Å². The maximum atomic E-state index is 12.3. The maximum Gasteiger partial charge on any atom is 0.341 e. The van der Waals surface area contributed by atoms with Crippen LogP contribution < -0.4 is 5.56 Å². The number of amides is 1. The Morgan fingerprint density at radius 3 is 2.70 bits per heavy atom. The molecular formula is C15H15N3O5. The molecular weight excluding hydrogens is 302 g/mol. The number of aromatic carboxylic acids is 1. The lowest BCUT2D eigenvalue weighted by Crippen LogP contribution is -2.62. The van der Waals surface area contributed by atoms with Crippen LogP contribution in [0.2, 0.25) is 0 Å². The highest BCUT2D eigenvalue weighted by atomic mass is 16.4. The third kappa shape index (κ3) is 2.68. The van der Waals surface area contributed by atoms with Crippen LogP contribution in [0.4, 0.5) is 0 Å². The first kappa shape index (κ1) is 15.2. The Morgan fingerprint density at radius 2 is 2.09 bits per heavy atom. The predicted octanol–water partition coefficient (Wildman–Crippen LogP) is -0.312. The Morgan fingerprint density at radius 1 is 1.39 bits per heavy atom. The number of hydrogen-bond acceptors (Lipinski definition) is 5. The van der Waals surface area contributed by atoms with E-state index in [0.29, 0.717) is 5.39 Å². The van der Waals surface area contributed by atoms with Crippen molar-refractivity contribution in [3.63, 3.8) is 0 Å². The zero-order chi connectivity index (χ0) is 16.8. The van der Waals surface area contributed by atoms with Crippen molar-refractivity contribution in [3.05, 3.63) is 40.3 Å². The number of β-amino-alcohol motifs (C(OH)–C–C–N with tert-alkyl or cyclic N) is 1. The van der Waals surface area contributed by atoms with Crippen molar-refractivity contribution in [1.82, 2.24) is 14.5 Å². The van der Waals surface area contributed by atoms with Gasteiger partial charge in [-0.3, -0.25) is 14.2 Å². The molecule has 120 valence electrons. The van der Waals surface area contributed by atoms with Gasteiger partial charge in [0, 0.05) is 11.6 Å². The van der Waals surface area contributed by atoms with Gasteiger partial charge in [-0.2, -0.15) is 0 Å². The van der Waals surface area contributed by atoms with Gasteiger partial charge in [-0.25, -0.2) is 9.78 Å². The van der Waals surface area contributed by atoms with Gasteiger partial charge in [0.05, 0.1) is 18.7 Å². The molecule has 0 aliphatic carbocycles. The number of fused-ring (bicyclic) bond motifs is 1. The van der Waals surface area contributed by atoms with Gasteiger partial charge in [0.2, 0.25) is 5.91 Å². The number of hydrogen-bond donors (Lipinski definition) is 2. The molecule has 0 saturated carbocycles. The van der Waals surface area contributed by atoms with E-state index < -0.39 is 22.7 Å². The summed E-state index contributed by atoms with van der Waals surface area (Å²) in [6.45, 7) is 1.67. The zero-order valence-electron chi connectivity index (χ0n) is 12.4. The van der Waals surface area contributed by atoms with Crippen LogP contribution in [0.15, 0.2) is 29.2 Å². The van der Waals surface area contributed by atoms with Crippen LogP contribution in [-0.4, -0.2) is 55.2 Å². The second kappa shape index (κ2) is 5.17. The summed E-state index contributed by atoms with van der Waals surface area (Å²) in [7, 11) is 0. The summed E-state index contributed by atoms with van der Waals surface area (Å²) in [4.78, 5) is 41.3. The van der Waals surface area contributed by atoms with E-state index in [4.69, 9.17) is 5.11 Å². The van der Waals surface area contributed by atoms with E-state index in [0.717, 1.165) is 4.57 Å². The molecule has 3 heterocycles. The molecule has 0 aromatic carbocycles. The fourth-order valence-electron chi connectivity index (χ4n) is 2.69. The van der Waals surface area contributed by atoms with Crippen LogP contribution in [-0.2, 0) is 11.3 Å². The van der Waals surface area contributed by atoms with Crippen LogP contribution in [0.25, 0.3) is 11.0 Å². The molecule has 1 amide bonds. The average Bonchev–Trinajstić information content (AvgIpc) is 2.46.